The average molecular weight is 469 g/mol. The van der Waals surface area contributed by atoms with E-state index in [9.17, 15) is 13.5 Å². The second-order valence-electron chi connectivity index (χ2n) is 8.17. The number of rotatable bonds is 8. The molecule has 1 unspecified atom stereocenters. The molecular formula is C24H26N3O5S+. The zero-order chi connectivity index (χ0) is 23.0. The number of sulfonamides is 1. The van der Waals surface area contributed by atoms with Gasteiger partial charge in [-0.2, -0.15) is 0 Å². The van der Waals surface area contributed by atoms with Crippen LogP contribution in [0.1, 0.15) is 11.7 Å². The number of nitrogens with zero attached hydrogens (tertiary/aromatic N) is 1. The first-order valence-corrected chi connectivity index (χ1v) is 12.6. The maximum atomic E-state index is 11.9. The Kier molecular flexibility index (Phi) is 5.61. The van der Waals surface area contributed by atoms with Gasteiger partial charge in [0.2, 0.25) is 10.0 Å². The summed E-state index contributed by atoms with van der Waals surface area (Å²) in [5.41, 5.74) is 3.25. The zero-order valence-corrected chi connectivity index (χ0v) is 19.0. The van der Waals surface area contributed by atoms with Gasteiger partial charge in [0.25, 0.3) is 0 Å². The molecule has 0 saturated carbocycles. The molecule has 1 aromatic heterocycles. The van der Waals surface area contributed by atoms with Crippen LogP contribution in [0.3, 0.4) is 0 Å². The van der Waals surface area contributed by atoms with Crippen LogP contribution in [0, 0.1) is 0 Å². The van der Waals surface area contributed by atoms with Crippen molar-refractivity contribution in [3.05, 3.63) is 66.2 Å². The summed E-state index contributed by atoms with van der Waals surface area (Å²) in [5, 5.41) is 14.9. The van der Waals surface area contributed by atoms with Crippen LogP contribution in [0.5, 0.6) is 11.5 Å². The molecule has 0 fully saturated rings. The van der Waals surface area contributed by atoms with Crippen LogP contribution in [0.2, 0.25) is 0 Å². The Morgan fingerprint density at radius 2 is 1.94 bits per heavy atom. The van der Waals surface area contributed by atoms with E-state index < -0.39 is 16.1 Å². The Morgan fingerprint density at radius 1 is 1.12 bits per heavy atom. The Balaban J connectivity index is 1.15. The molecule has 9 heteroatoms. The summed E-state index contributed by atoms with van der Waals surface area (Å²) < 4.78 is 36.3. The molecule has 2 heterocycles. The lowest BCUT2D eigenvalue weighted by Crippen LogP contribution is -2.86. The number of nitrogens with one attached hydrogen (secondary N) is 1. The van der Waals surface area contributed by atoms with E-state index in [1.54, 1.807) is 18.2 Å². The number of anilines is 1. The summed E-state index contributed by atoms with van der Waals surface area (Å²) in [7, 11) is -3.43. The van der Waals surface area contributed by atoms with Crippen molar-refractivity contribution in [3.8, 4) is 11.5 Å². The number of aliphatic hydroxyl groups is 1. The van der Waals surface area contributed by atoms with Gasteiger partial charge in [0, 0.05) is 22.4 Å². The molecule has 8 nitrogen and oxygen atoms in total. The first-order valence-electron chi connectivity index (χ1n) is 10.8. The van der Waals surface area contributed by atoms with Crippen molar-refractivity contribution in [1.29, 1.82) is 0 Å². The molecule has 0 radical (unpaired) electrons. The minimum absolute atomic E-state index is 0.0402. The number of aromatic nitrogens is 1. The lowest BCUT2D eigenvalue weighted by molar-refractivity contribution is -0.662. The third-order valence-corrected chi connectivity index (χ3v) is 6.94. The number of H-pyrrole nitrogens is 1. The van der Waals surface area contributed by atoms with Gasteiger partial charge in [-0.25, -0.2) is 12.7 Å². The highest BCUT2D eigenvalue weighted by atomic mass is 32.2. The molecule has 0 spiro atoms. The fraction of sp³-hybridized carbons (Fsp3) is 0.250. The van der Waals surface area contributed by atoms with Crippen LogP contribution < -0.4 is 19.1 Å². The number of ether oxygens (including phenoxy) is 2. The van der Waals surface area contributed by atoms with E-state index in [-0.39, 0.29) is 6.73 Å². The maximum Gasteiger partial charge on any atom is 0.235 e. The Hall–Kier alpha value is -3.27. The van der Waals surface area contributed by atoms with Gasteiger partial charge in [-0.3, -0.25) is 0 Å². The predicted molar refractivity (Wildman–Crippen MR) is 127 cm³/mol. The SMILES string of the molecule is CS(=O)(=O)N1COc2ccc(C(O)C[NH2+]CCOc3ccc4c(c3)[nH]c3ccccc34)cc21. The lowest BCUT2D eigenvalue weighted by Gasteiger charge is -2.15. The predicted octanol–water partition coefficient (Wildman–Crippen LogP) is 2.11. The molecule has 5 rings (SSSR count). The Bertz CT molecular complexity index is 1420. The zero-order valence-electron chi connectivity index (χ0n) is 18.2. The second-order valence-corrected chi connectivity index (χ2v) is 10.1. The topological polar surface area (TPSA) is 108 Å². The largest absolute Gasteiger partial charge is 0.488 e. The van der Waals surface area contributed by atoms with Crippen LogP contribution >= 0.6 is 0 Å². The first-order chi connectivity index (χ1) is 15.9. The number of fused-ring (bicyclic) bond motifs is 4. The number of hydrogen-bond acceptors (Lipinski definition) is 5. The van der Waals surface area contributed by atoms with E-state index in [4.69, 9.17) is 9.47 Å². The highest BCUT2D eigenvalue weighted by Crippen LogP contribution is 2.37. The van der Waals surface area contributed by atoms with Crippen LogP contribution in [0.25, 0.3) is 21.8 Å². The smallest absolute Gasteiger partial charge is 0.235 e. The number of aromatic amines is 1. The second kappa shape index (κ2) is 8.58. The van der Waals surface area contributed by atoms with Crippen LogP contribution in [-0.2, 0) is 10.0 Å². The van der Waals surface area contributed by atoms with E-state index in [1.807, 2.05) is 29.6 Å². The summed E-state index contributed by atoms with van der Waals surface area (Å²) in [5.74, 6) is 1.29. The van der Waals surface area contributed by atoms with Crippen LogP contribution in [0.15, 0.2) is 60.7 Å². The fourth-order valence-corrected chi connectivity index (χ4v) is 4.87. The normalized spacial score (nSPS) is 14.4. The number of aliphatic hydroxyl groups excluding tert-OH is 1. The summed E-state index contributed by atoms with van der Waals surface area (Å²) >= 11 is 0. The van der Waals surface area contributed by atoms with Crippen molar-refractivity contribution in [1.82, 2.24) is 4.98 Å². The van der Waals surface area contributed by atoms with Crippen molar-refractivity contribution in [2.45, 2.75) is 6.10 Å². The molecule has 0 amide bonds. The van der Waals surface area contributed by atoms with E-state index in [2.05, 4.69) is 23.2 Å². The third-order valence-electron chi connectivity index (χ3n) is 5.83. The molecule has 0 bridgehead atoms. The van der Waals surface area contributed by atoms with Gasteiger partial charge >= 0.3 is 0 Å². The molecule has 4 aromatic rings. The van der Waals surface area contributed by atoms with Crippen LogP contribution in [0.4, 0.5) is 5.69 Å². The average Bonchev–Trinajstić information content (AvgIpc) is 3.39. The molecule has 33 heavy (non-hydrogen) atoms. The van der Waals surface area contributed by atoms with E-state index in [0.717, 1.165) is 23.0 Å². The summed E-state index contributed by atoms with van der Waals surface area (Å²) in [6.45, 7) is 1.56. The number of nitrogens with two attached hydrogens (primary N) is 1. The molecule has 4 N–H and O–H groups in total. The van der Waals surface area contributed by atoms with Crippen molar-refractivity contribution in [3.63, 3.8) is 0 Å². The maximum absolute atomic E-state index is 11.9. The van der Waals surface area contributed by atoms with E-state index >= 15 is 0 Å². The van der Waals surface area contributed by atoms with Gasteiger partial charge in [-0.1, -0.05) is 24.3 Å². The molecule has 1 atom stereocenters. The third kappa shape index (κ3) is 4.35. The van der Waals surface area contributed by atoms with E-state index in [0.29, 0.717) is 36.7 Å². The summed E-state index contributed by atoms with van der Waals surface area (Å²) in [4.78, 5) is 3.41. The lowest BCUT2D eigenvalue weighted by atomic mass is 10.1. The molecule has 1 aliphatic rings. The van der Waals surface area contributed by atoms with Gasteiger partial charge in [0.15, 0.2) is 6.73 Å². The number of hydrogen-bond donors (Lipinski definition) is 3. The molecule has 3 aromatic carbocycles. The number of benzene rings is 3. The minimum Gasteiger partial charge on any atom is -0.488 e. The summed E-state index contributed by atoms with van der Waals surface area (Å²) in [6, 6.07) is 19.4. The highest BCUT2D eigenvalue weighted by molar-refractivity contribution is 7.92. The minimum atomic E-state index is -3.43. The quantitative estimate of drug-likeness (QED) is 0.343. The van der Waals surface area contributed by atoms with Gasteiger partial charge in [0.05, 0.1) is 17.5 Å². The van der Waals surface area contributed by atoms with Crippen molar-refractivity contribution < 1.29 is 28.3 Å². The van der Waals surface area contributed by atoms with Crippen molar-refractivity contribution in [2.75, 3.05) is 37.0 Å². The summed E-state index contributed by atoms with van der Waals surface area (Å²) in [6.07, 6.45) is 0.401. The van der Waals surface area contributed by atoms with Crippen molar-refractivity contribution in [2.24, 2.45) is 0 Å². The monoisotopic (exact) mass is 468 g/mol. The van der Waals surface area contributed by atoms with Crippen molar-refractivity contribution >= 4 is 37.5 Å². The molecule has 172 valence electrons. The van der Waals surface area contributed by atoms with Gasteiger partial charge in [0.1, 0.15) is 37.3 Å². The molecule has 0 saturated heterocycles. The van der Waals surface area contributed by atoms with Gasteiger partial charge < -0.3 is 24.9 Å². The standard InChI is InChI=1S/C24H25N3O5S/c1-33(29,30)27-15-32-24-9-6-16(12-22(24)27)23(28)14-25-10-11-31-17-7-8-19-18-4-2-3-5-20(18)26-21(19)13-17/h2-9,12-13,23,25-26,28H,10-11,14-15H2,1H3/p+1. The van der Waals surface area contributed by atoms with Gasteiger partial charge in [-0.05, 0) is 35.9 Å². The van der Waals surface area contributed by atoms with Crippen LogP contribution in [-0.4, -0.2) is 51.2 Å². The number of quaternary nitrogens is 1. The Morgan fingerprint density at radius 3 is 2.79 bits per heavy atom. The molecule has 1 aliphatic heterocycles. The Labute approximate surface area is 191 Å². The first kappa shape index (κ1) is 21.6. The fourth-order valence-electron chi connectivity index (χ4n) is 4.13. The molecule has 0 aliphatic carbocycles. The highest BCUT2D eigenvalue weighted by Gasteiger charge is 2.28. The van der Waals surface area contributed by atoms with Gasteiger partial charge in [-0.15, -0.1) is 0 Å². The number of para-hydroxylation sites is 1. The van der Waals surface area contributed by atoms with E-state index in [1.165, 1.54) is 15.1 Å². The molecular weight excluding hydrogens is 442 g/mol.